The van der Waals surface area contributed by atoms with E-state index in [-0.39, 0.29) is 23.7 Å². The summed E-state index contributed by atoms with van der Waals surface area (Å²) >= 11 is 0. The van der Waals surface area contributed by atoms with Crippen molar-refractivity contribution >= 4 is 17.1 Å². The van der Waals surface area contributed by atoms with Crippen LogP contribution in [-0.4, -0.2) is 38.2 Å². The Morgan fingerprint density at radius 3 is 2.18 bits per heavy atom. The third kappa shape index (κ3) is 4.16. The average molecular weight is 442 g/mol. The van der Waals surface area contributed by atoms with E-state index in [1.54, 1.807) is 4.90 Å². The average Bonchev–Trinajstić information content (AvgIpc) is 3.19. The Morgan fingerprint density at radius 1 is 0.939 bits per heavy atom. The molecule has 1 aliphatic heterocycles. The molecular weight excluding hydrogens is 414 g/mol. The molecule has 0 saturated carbocycles. The molecule has 0 bridgehead atoms. The summed E-state index contributed by atoms with van der Waals surface area (Å²) in [4.78, 5) is 29.5. The van der Waals surface area contributed by atoms with E-state index < -0.39 is 6.09 Å². The quantitative estimate of drug-likeness (QED) is 0.445. The lowest BCUT2D eigenvalue weighted by atomic mass is 9.82. The molecule has 4 aromatic rings. The smallest absolute Gasteiger partial charge is 0.407 e. The number of likely N-dealkylation sites (tertiary alicyclic amines) is 1. The Bertz CT molecular complexity index is 1260. The number of nitrogens with one attached hydrogen (secondary N) is 1. The molecule has 0 aliphatic carbocycles. The van der Waals surface area contributed by atoms with Gasteiger partial charge in [-0.1, -0.05) is 72.8 Å². The molecule has 1 saturated heterocycles. The molecule has 1 fully saturated rings. The first-order valence-electron chi connectivity index (χ1n) is 11.4. The first kappa shape index (κ1) is 21.1. The Morgan fingerprint density at radius 2 is 1.55 bits per heavy atom. The highest BCUT2D eigenvalue weighted by atomic mass is 16.4. The van der Waals surface area contributed by atoms with Crippen LogP contribution in [0.1, 0.15) is 42.3 Å². The zero-order valence-electron chi connectivity index (χ0n) is 18.3. The number of para-hydroxylation sites is 2. The summed E-state index contributed by atoms with van der Waals surface area (Å²) in [6.07, 6.45) is 0.980. The number of carboxylic acid groups (broad SMARTS) is 1. The van der Waals surface area contributed by atoms with Gasteiger partial charge in [0.25, 0.3) is 0 Å². The van der Waals surface area contributed by atoms with E-state index in [9.17, 15) is 14.7 Å². The molecule has 2 unspecified atom stereocenters. The summed E-state index contributed by atoms with van der Waals surface area (Å²) in [5.74, 6) is 0.0673. The number of fused-ring (bicyclic) bond motifs is 1. The second kappa shape index (κ2) is 8.98. The summed E-state index contributed by atoms with van der Waals surface area (Å²) in [7, 11) is 0. The van der Waals surface area contributed by atoms with Crippen LogP contribution in [0.3, 0.4) is 0 Å². The van der Waals surface area contributed by atoms with Crippen LogP contribution in [0.2, 0.25) is 0 Å². The number of hydrogen-bond acceptors (Lipinski definition) is 2. The van der Waals surface area contributed by atoms with Gasteiger partial charge in [0, 0.05) is 24.5 Å². The standard InChI is InChI=1S/C27H27N3O3/c31-26-28-24-13-7-8-14-25(24)30(26)21-15-16-29(27(32)33)22(17-21)18-23(19-9-3-1-4-10-19)20-11-5-2-6-12-20/h1-14,21-23H,15-18H2,(H,28,31)(H,32,33). The minimum atomic E-state index is -0.899. The van der Waals surface area contributed by atoms with Crippen molar-refractivity contribution in [2.24, 2.45) is 0 Å². The maximum atomic E-state index is 12.8. The molecule has 1 aliphatic rings. The Kier molecular flexibility index (Phi) is 5.73. The SMILES string of the molecule is O=C(O)N1CCC(n2c(=O)[nH]c3ccccc32)CC1CC(c1ccccc1)c1ccccc1. The fourth-order valence-corrected chi connectivity index (χ4v) is 5.28. The van der Waals surface area contributed by atoms with Crippen LogP contribution >= 0.6 is 0 Å². The molecule has 1 amide bonds. The van der Waals surface area contributed by atoms with Crippen molar-refractivity contribution in [3.05, 3.63) is 107 Å². The van der Waals surface area contributed by atoms with Gasteiger partial charge in [-0.2, -0.15) is 0 Å². The molecule has 33 heavy (non-hydrogen) atoms. The van der Waals surface area contributed by atoms with Gasteiger partial charge >= 0.3 is 11.8 Å². The van der Waals surface area contributed by atoms with Gasteiger partial charge in [0.05, 0.1) is 11.0 Å². The summed E-state index contributed by atoms with van der Waals surface area (Å²) in [5.41, 5.74) is 3.89. The number of aromatic amines is 1. The van der Waals surface area contributed by atoms with Crippen molar-refractivity contribution < 1.29 is 9.90 Å². The lowest BCUT2D eigenvalue weighted by Crippen LogP contribution is -2.47. The molecule has 1 aromatic heterocycles. The number of hydrogen-bond donors (Lipinski definition) is 2. The molecule has 2 atom stereocenters. The van der Waals surface area contributed by atoms with Gasteiger partial charge in [0.1, 0.15) is 0 Å². The van der Waals surface area contributed by atoms with E-state index in [0.717, 1.165) is 11.0 Å². The van der Waals surface area contributed by atoms with Crippen LogP contribution in [0, 0.1) is 0 Å². The van der Waals surface area contributed by atoms with Gasteiger partial charge in [-0.05, 0) is 42.5 Å². The highest BCUT2D eigenvalue weighted by molar-refractivity contribution is 5.75. The number of carbonyl (C=O) groups is 1. The second-order valence-corrected chi connectivity index (χ2v) is 8.73. The van der Waals surface area contributed by atoms with Gasteiger partial charge in [-0.25, -0.2) is 9.59 Å². The molecule has 6 nitrogen and oxygen atoms in total. The fraction of sp³-hybridized carbons (Fsp3) is 0.259. The van der Waals surface area contributed by atoms with E-state index in [1.807, 2.05) is 65.2 Å². The largest absolute Gasteiger partial charge is 0.465 e. The molecule has 2 heterocycles. The normalized spacial score (nSPS) is 18.6. The number of benzene rings is 3. The Hall–Kier alpha value is -3.80. The first-order chi connectivity index (χ1) is 16.1. The molecule has 3 aromatic carbocycles. The molecular formula is C27H27N3O3. The third-order valence-corrected chi connectivity index (χ3v) is 6.83. The van der Waals surface area contributed by atoms with Gasteiger partial charge in [0.15, 0.2) is 0 Å². The lowest BCUT2D eigenvalue weighted by molar-refractivity contribution is 0.0865. The van der Waals surface area contributed by atoms with Crippen LogP contribution < -0.4 is 5.69 Å². The van der Waals surface area contributed by atoms with Crippen LogP contribution in [0.5, 0.6) is 0 Å². The minimum absolute atomic E-state index is 0.0542. The van der Waals surface area contributed by atoms with Crippen LogP contribution in [0.15, 0.2) is 89.7 Å². The molecule has 6 heteroatoms. The number of aromatic nitrogens is 2. The number of nitrogens with zero attached hydrogens (tertiary/aromatic N) is 2. The van der Waals surface area contributed by atoms with Crippen LogP contribution in [0.25, 0.3) is 11.0 Å². The molecule has 168 valence electrons. The Labute approximate surface area is 192 Å². The lowest BCUT2D eigenvalue weighted by Gasteiger charge is -2.40. The number of rotatable bonds is 5. The van der Waals surface area contributed by atoms with Crippen molar-refractivity contribution in [1.82, 2.24) is 14.5 Å². The molecule has 2 N–H and O–H groups in total. The van der Waals surface area contributed by atoms with Gasteiger partial charge in [-0.15, -0.1) is 0 Å². The van der Waals surface area contributed by atoms with Crippen molar-refractivity contribution in [3.8, 4) is 0 Å². The Balaban J connectivity index is 1.50. The number of H-pyrrole nitrogens is 1. The van der Waals surface area contributed by atoms with Gasteiger partial charge in [0.2, 0.25) is 0 Å². The maximum absolute atomic E-state index is 12.8. The first-order valence-corrected chi connectivity index (χ1v) is 11.4. The van der Waals surface area contributed by atoms with E-state index >= 15 is 0 Å². The minimum Gasteiger partial charge on any atom is -0.465 e. The summed E-state index contributed by atoms with van der Waals surface area (Å²) in [6, 6.07) is 27.9. The molecule has 0 radical (unpaired) electrons. The number of imidazole rings is 1. The van der Waals surface area contributed by atoms with E-state index in [4.69, 9.17) is 0 Å². The summed E-state index contributed by atoms with van der Waals surface area (Å²) in [6.45, 7) is 0.410. The summed E-state index contributed by atoms with van der Waals surface area (Å²) in [5, 5.41) is 9.96. The number of amides is 1. The predicted molar refractivity (Wildman–Crippen MR) is 129 cm³/mol. The second-order valence-electron chi connectivity index (χ2n) is 8.73. The van der Waals surface area contributed by atoms with Gasteiger partial charge in [-0.3, -0.25) is 4.57 Å². The van der Waals surface area contributed by atoms with Crippen LogP contribution in [0.4, 0.5) is 4.79 Å². The fourth-order valence-electron chi connectivity index (χ4n) is 5.28. The van der Waals surface area contributed by atoms with Crippen molar-refractivity contribution in [2.75, 3.05) is 6.54 Å². The van der Waals surface area contributed by atoms with E-state index in [0.29, 0.717) is 25.8 Å². The van der Waals surface area contributed by atoms with Crippen molar-refractivity contribution in [2.45, 2.75) is 37.3 Å². The van der Waals surface area contributed by atoms with Crippen molar-refractivity contribution in [1.29, 1.82) is 0 Å². The van der Waals surface area contributed by atoms with Gasteiger partial charge < -0.3 is 15.0 Å². The highest BCUT2D eigenvalue weighted by Gasteiger charge is 2.35. The summed E-state index contributed by atoms with van der Waals surface area (Å²) < 4.78 is 1.82. The molecule has 5 rings (SSSR count). The van der Waals surface area contributed by atoms with Crippen LogP contribution in [-0.2, 0) is 0 Å². The van der Waals surface area contributed by atoms with E-state index in [1.165, 1.54) is 11.1 Å². The third-order valence-electron chi connectivity index (χ3n) is 6.83. The zero-order valence-corrected chi connectivity index (χ0v) is 18.3. The van der Waals surface area contributed by atoms with E-state index in [2.05, 4.69) is 29.2 Å². The maximum Gasteiger partial charge on any atom is 0.407 e. The highest BCUT2D eigenvalue weighted by Crippen LogP contribution is 2.36. The topological polar surface area (TPSA) is 78.3 Å². The van der Waals surface area contributed by atoms with Crippen molar-refractivity contribution in [3.63, 3.8) is 0 Å². The molecule has 0 spiro atoms. The monoisotopic (exact) mass is 441 g/mol. The zero-order chi connectivity index (χ0) is 22.8. The predicted octanol–water partition coefficient (Wildman–Crippen LogP) is 5.24. The number of piperidine rings is 1.